The van der Waals surface area contributed by atoms with Crippen molar-refractivity contribution < 1.29 is 19.4 Å². The molecule has 5 heteroatoms. The van der Waals surface area contributed by atoms with Gasteiger partial charge in [-0.15, -0.1) is 0 Å². The average molecular weight is 329 g/mol. The third-order valence-electron chi connectivity index (χ3n) is 6.44. The molecule has 3 saturated carbocycles. The van der Waals surface area contributed by atoms with Crippen LogP contribution in [-0.2, 0) is 16.1 Å². The normalized spacial score (nSPS) is 36.3. The number of carbonyl (C=O) groups excluding carboxylic acids is 1. The molecule has 0 radical (unpaired) electrons. The van der Waals surface area contributed by atoms with Gasteiger partial charge in [-0.05, 0) is 54.9 Å². The lowest BCUT2D eigenvalue weighted by Crippen LogP contribution is -2.60. The summed E-state index contributed by atoms with van der Waals surface area (Å²) in [5, 5.41) is 12.6. The monoisotopic (exact) mass is 329 g/mol. The molecule has 5 atom stereocenters. The van der Waals surface area contributed by atoms with Gasteiger partial charge in [-0.2, -0.15) is 0 Å². The lowest BCUT2D eigenvalue weighted by atomic mass is 9.71. The molecule has 0 heterocycles. The third-order valence-corrected chi connectivity index (χ3v) is 6.44. The van der Waals surface area contributed by atoms with Crippen LogP contribution in [0.25, 0.3) is 0 Å². The zero-order valence-corrected chi connectivity index (χ0v) is 13.6. The molecule has 3 aliphatic rings. The Morgan fingerprint density at radius 1 is 1.21 bits per heavy atom. The van der Waals surface area contributed by atoms with Gasteiger partial charge in [-0.3, -0.25) is 0 Å². The number of ether oxygens (including phenoxy) is 1. The number of carboxylic acids is 1. The van der Waals surface area contributed by atoms with Crippen LogP contribution in [0.3, 0.4) is 0 Å². The predicted octanol–water partition coefficient (Wildman–Crippen LogP) is 3.19. The van der Waals surface area contributed by atoms with Crippen LogP contribution in [0.5, 0.6) is 0 Å². The molecule has 1 amide bonds. The molecule has 128 valence electrons. The van der Waals surface area contributed by atoms with E-state index in [0.717, 1.165) is 18.4 Å². The first-order valence-electron chi connectivity index (χ1n) is 8.82. The van der Waals surface area contributed by atoms with Gasteiger partial charge in [0.05, 0.1) is 0 Å². The summed E-state index contributed by atoms with van der Waals surface area (Å²) in [7, 11) is 0. The van der Waals surface area contributed by atoms with Crippen molar-refractivity contribution in [3.8, 4) is 0 Å². The number of benzene rings is 1. The van der Waals surface area contributed by atoms with Crippen LogP contribution in [0.4, 0.5) is 4.79 Å². The summed E-state index contributed by atoms with van der Waals surface area (Å²) in [6.07, 6.45) is 4.37. The van der Waals surface area contributed by atoms with Crippen LogP contribution in [0.1, 0.15) is 37.7 Å². The number of alkyl carbamates (subject to hydrolysis) is 1. The second kappa shape index (κ2) is 5.80. The molecule has 5 unspecified atom stereocenters. The minimum absolute atomic E-state index is 0.0526. The second-order valence-electron chi connectivity index (χ2n) is 7.53. The molecule has 0 aromatic heterocycles. The Hall–Kier alpha value is -2.04. The minimum Gasteiger partial charge on any atom is -0.479 e. The first-order chi connectivity index (χ1) is 11.6. The molecule has 0 saturated heterocycles. The van der Waals surface area contributed by atoms with E-state index in [9.17, 15) is 14.7 Å². The zero-order valence-electron chi connectivity index (χ0n) is 13.6. The molecule has 3 fully saturated rings. The SMILES string of the molecule is O=C(NC1(C(=O)O)CC2CC1C1CCCC21)OCc1ccccc1. The third kappa shape index (κ3) is 2.38. The van der Waals surface area contributed by atoms with Crippen LogP contribution in [-0.4, -0.2) is 22.7 Å². The quantitative estimate of drug-likeness (QED) is 0.889. The molecular weight excluding hydrogens is 306 g/mol. The highest BCUT2D eigenvalue weighted by Crippen LogP contribution is 2.62. The maximum absolute atomic E-state index is 12.3. The summed E-state index contributed by atoms with van der Waals surface area (Å²) >= 11 is 0. The standard InChI is InChI=1S/C19H23NO4/c21-17(22)19(10-13-9-16(19)15-8-4-7-14(13)15)20-18(23)24-11-12-5-2-1-3-6-12/h1-3,5-6,13-16H,4,7-11H2,(H,20,23)(H,21,22). The van der Waals surface area contributed by atoms with Crippen LogP contribution in [0, 0.1) is 23.7 Å². The van der Waals surface area contributed by atoms with Crippen molar-refractivity contribution in [2.24, 2.45) is 23.7 Å². The van der Waals surface area contributed by atoms with Crippen LogP contribution < -0.4 is 5.32 Å². The predicted molar refractivity (Wildman–Crippen MR) is 87.2 cm³/mol. The molecule has 1 aromatic rings. The fourth-order valence-electron chi connectivity index (χ4n) is 5.53. The van der Waals surface area contributed by atoms with Gasteiger partial charge in [-0.25, -0.2) is 9.59 Å². The highest BCUT2D eigenvalue weighted by molar-refractivity contribution is 5.85. The van der Waals surface area contributed by atoms with E-state index in [1.807, 2.05) is 30.3 Å². The maximum Gasteiger partial charge on any atom is 0.408 e. The van der Waals surface area contributed by atoms with Crippen molar-refractivity contribution in [2.45, 2.75) is 44.2 Å². The summed E-state index contributed by atoms with van der Waals surface area (Å²) in [5.74, 6) is 0.709. The van der Waals surface area contributed by atoms with Gasteiger partial charge in [0.1, 0.15) is 12.1 Å². The van der Waals surface area contributed by atoms with Gasteiger partial charge < -0.3 is 15.2 Å². The van der Waals surface area contributed by atoms with Crippen molar-refractivity contribution in [3.05, 3.63) is 35.9 Å². The number of hydrogen-bond acceptors (Lipinski definition) is 3. The Morgan fingerprint density at radius 3 is 2.71 bits per heavy atom. The summed E-state index contributed by atoms with van der Waals surface area (Å²) < 4.78 is 5.27. The van der Waals surface area contributed by atoms with Gasteiger partial charge in [0.2, 0.25) is 0 Å². The zero-order chi connectivity index (χ0) is 16.7. The lowest BCUT2D eigenvalue weighted by molar-refractivity contribution is -0.148. The van der Waals surface area contributed by atoms with Crippen molar-refractivity contribution >= 4 is 12.1 Å². The van der Waals surface area contributed by atoms with E-state index in [-0.39, 0.29) is 12.5 Å². The highest BCUT2D eigenvalue weighted by atomic mass is 16.5. The van der Waals surface area contributed by atoms with E-state index in [0.29, 0.717) is 24.2 Å². The van der Waals surface area contributed by atoms with Crippen molar-refractivity contribution in [2.75, 3.05) is 0 Å². The van der Waals surface area contributed by atoms with Gasteiger partial charge in [-0.1, -0.05) is 36.8 Å². The Bertz CT molecular complexity index is 646. The van der Waals surface area contributed by atoms with Gasteiger partial charge in [0, 0.05) is 0 Å². The molecule has 0 spiro atoms. The molecule has 2 bridgehead atoms. The second-order valence-corrected chi connectivity index (χ2v) is 7.53. The number of rotatable bonds is 4. The summed E-state index contributed by atoms with van der Waals surface area (Å²) in [6.45, 7) is 0.155. The number of fused-ring (bicyclic) bond motifs is 5. The van der Waals surface area contributed by atoms with Gasteiger partial charge in [0.25, 0.3) is 0 Å². The Balaban J connectivity index is 1.45. The molecule has 3 aliphatic carbocycles. The topological polar surface area (TPSA) is 75.6 Å². The number of carboxylic acid groups (broad SMARTS) is 1. The fraction of sp³-hybridized carbons (Fsp3) is 0.579. The smallest absolute Gasteiger partial charge is 0.408 e. The van der Waals surface area contributed by atoms with E-state index in [1.54, 1.807) is 0 Å². The van der Waals surface area contributed by atoms with E-state index in [2.05, 4.69) is 5.32 Å². The number of nitrogens with one attached hydrogen (secondary N) is 1. The molecular formula is C19H23NO4. The molecule has 2 N–H and O–H groups in total. The first-order valence-corrected chi connectivity index (χ1v) is 8.82. The summed E-state index contributed by atoms with van der Waals surface area (Å²) in [5.41, 5.74) is -0.245. The number of carbonyl (C=O) groups is 2. The number of amides is 1. The number of hydrogen-bond donors (Lipinski definition) is 2. The Labute approximate surface area is 141 Å². The molecule has 0 aliphatic heterocycles. The van der Waals surface area contributed by atoms with E-state index in [4.69, 9.17) is 4.74 Å². The first kappa shape index (κ1) is 15.5. The Kier molecular flexibility index (Phi) is 3.74. The van der Waals surface area contributed by atoms with Gasteiger partial charge >= 0.3 is 12.1 Å². The van der Waals surface area contributed by atoms with Crippen molar-refractivity contribution in [3.63, 3.8) is 0 Å². The molecule has 5 nitrogen and oxygen atoms in total. The van der Waals surface area contributed by atoms with E-state index < -0.39 is 17.6 Å². The average Bonchev–Trinajstić information content (AvgIpc) is 3.25. The number of aliphatic carboxylic acids is 1. The van der Waals surface area contributed by atoms with Crippen LogP contribution in [0.15, 0.2) is 30.3 Å². The Morgan fingerprint density at radius 2 is 1.96 bits per heavy atom. The fourth-order valence-corrected chi connectivity index (χ4v) is 5.53. The van der Waals surface area contributed by atoms with Crippen molar-refractivity contribution in [1.82, 2.24) is 5.32 Å². The van der Waals surface area contributed by atoms with E-state index in [1.165, 1.54) is 12.8 Å². The van der Waals surface area contributed by atoms with Crippen LogP contribution in [0.2, 0.25) is 0 Å². The highest BCUT2D eigenvalue weighted by Gasteiger charge is 2.65. The lowest BCUT2D eigenvalue weighted by Gasteiger charge is -2.39. The maximum atomic E-state index is 12.3. The molecule has 24 heavy (non-hydrogen) atoms. The largest absolute Gasteiger partial charge is 0.479 e. The van der Waals surface area contributed by atoms with E-state index >= 15 is 0 Å². The van der Waals surface area contributed by atoms with Crippen LogP contribution >= 0.6 is 0 Å². The molecule has 4 rings (SSSR count). The van der Waals surface area contributed by atoms with Crippen molar-refractivity contribution in [1.29, 1.82) is 0 Å². The van der Waals surface area contributed by atoms with Gasteiger partial charge in [0.15, 0.2) is 0 Å². The summed E-state index contributed by atoms with van der Waals surface area (Å²) in [4.78, 5) is 24.3. The minimum atomic E-state index is -1.13. The summed E-state index contributed by atoms with van der Waals surface area (Å²) in [6, 6.07) is 9.41. The molecule has 1 aromatic carbocycles.